The van der Waals surface area contributed by atoms with Gasteiger partial charge in [0.1, 0.15) is 18.8 Å². The molecule has 3 rings (SSSR count). The number of nitrogens with one attached hydrogen (secondary N) is 1. The van der Waals surface area contributed by atoms with Crippen LogP contribution in [0.2, 0.25) is 0 Å². The lowest BCUT2D eigenvalue weighted by Gasteiger charge is -2.15. The first-order valence-electron chi connectivity index (χ1n) is 6.75. The fourth-order valence-corrected chi connectivity index (χ4v) is 2.45. The highest BCUT2D eigenvalue weighted by Crippen LogP contribution is 2.31. The summed E-state index contributed by atoms with van der Waals surface area (Å²) >= 11 is 0. The van der Waals surface area contributed by atoms with E-state index in [9.17, 15) is 19.8 Å². The van der Waals surface area contributed by atoms with Gasteiger partial charge in [-0.1, -0.05) is 30.3 Å². The number of ether oxygens (including phenoxy) is 3. The van der Waals surface area contributed by atoms with Gasteiger partial charge in [-0.05, 0) is 5.56 Å². The van der Waals surface area contributed by atoms with E-state index in [0.29, 0.717) is 0 Å². The van der Waals surface area contributed by atoms with Crippen LogP contribution in [0.1, 0.15) is 5.56 Å². The van der Waals surface area contributed by atoms with Crippen LogP contribution < -0.4 is 5.32 Å². The summed E-state index contributed by atoms with van der Waals surface area (Å²) in [5.41, 5.74) is 0.799. The van der Waals surface area contributed by atoms with Crippen molar-refractivity contribution in [1.29, 1.82) is 0 Å². The van der Waals surface area contributed by atoms with Gasteiger partial charge in [-0.15, -0.1) is 0 Å². The van der Waals surface area contributed by atoms with Crippen molar-refractivity contribution < 1.29 is 34.0 Å². The van der Waals surface area contributed by atoms with Gasteiger partial charge in [0.15, 0.2) is 18.4 Å². The monoisotopic (exact) mass is 309 g/mol. The zero-order chi connectivity index (χ0) is 15.7. The zero-order valence-electron chi connectivity index (χ0n) is 11.4. The molecule has 0 spiro atoms. The number of benzene rings is 1. The molecule has 118 valence electrons. The molecule has 2 saturated heterocycles. The van der Waals surface area contributed by atoms with Crippen LogP contribution in [0.25, 0.3) is 0 Å². The number of aliphatic hydroxyl groups is 2. The average Bonchev–Trinajstić information content (AvgIpc) is 2.96. The molecule has 1 aromatic carbocycles. The Hall–Kier alpha value is -2.16. The predicted octanol–water partition coefficient (Wildman–Crippen LogP) is -0.715. The maximum atomic E-state index is 11.7. The van der Waals surface area contributed by atoms with Crippen LogP contribution in [0, 0.1) is 0 Å². The number of amides is 1. The van der Waals surface area contributed by atoms with E-state index in [1.54, 1.807) is 12.1 Å². The van der Waals surface area contributed by atoms with Crippen molar-refractivity contribution in [3.8, 4) is 0 Å². The molecule has 8 heteroatoms. The van der Waals surface area contributed by atoms with Gasteiger partial charge >= 0.3 is 12.1 Å². The van der Waals surface area contributed by atoms with Crippen LogP contribution in [0.3, 0.4) is 0 Å². The highest BCUT2D eigenvalue weighted by atomic mass is 16.7. The summed E-state index contributed by atoms with van der Waals surface area (Å²) < 4.78 is 14.9. The Kier molecular flexibility index (Phi) is 3.97. The minimum absolute atomic E-state index is 0.0502. The largest absolute Gasteiger partial charge is 0.455 e. The summed E-state index contributed by atoms with van der Waals surface area (Å²) in [4.78, 5) is 23.4. The number of carbonyl (C=O) groups excluding carboxylic acids is 2. The maximum absolute atomic E-state index is 11.7. The van der Waals surface area contributed by atoms with Crippen LogP contribution >= 0.6 is 0 Å². The number of alkyl carbamates (subject to hydrolysis) is 1. The molecule has 8 nitrogen and oxygen atoms in total. The number of hydrogen-bond donors (Lipinski definition) is 3. The summed E-state index contributed by atoms with van der Waals surface area (Å²) in [6, 6.07) is 7.92. The van der Waals surface area contributed by atoms with Crippen molar-refractivity contribution in [2.24, 2.45) is 0 Å². The summed E-state index contributed by atoms with van der Waals surface area (Å²) in [7, 11) is 0. The molecule has 0 radical (unpaired) electrons. The second kappa shape index (κ2) is 5.91. The Balaban J connectivity index is 1.56. The number of aliphatic hydroxyl groups excluding tert-OH is 2. The molecule has 1 aromatic rings. The molecule has 0 bridgehead atoms. The fourth-order valence-electron chi connectivity index (χ4n) is 2.45. The standard InChI is InChI=1S/C14H15NO7/c16-9-11-10(21-13(9)18)8(12(17)22-11)15-14(19)20-6-7-4-2-1-3-5-7/h1-5,8-11,13,16,18H,6H2,(H,15,19)/t8-,9+,10+,11+,13?/m0/s1. The Bertz CT molecular complexity index is 564. The van der Waals surface area contributed by atoms with E-state index < -0.39 is 42.7 Å². The van der Waals surface area contributed by atoms with E-state index >= 15 is 0 Å². The smallest absolute Gasteiger partial charge is 0.408 e. The Morgan fingerprint density at radius 1 is 1.23 bits per heavy atom. The fraction of sp³-hybridized carbons (Fsp3) is 0.429. The van der Waals surface area contributed by atoms with E-state index in [1.165, 1.54) is 0 Å². The van der Waals surface area contributed by atoms with Crippen molar-refractivity contribution in [3.63, 3.8) is 0 Å². The Morgan fingerprint density at radius 3 is 2.68 bits per heavy atom. The van der Waals surface area contributed by atoms with Crippen LogP contribution in [-0.2, 0) is 25.6 Å². The molecule has 2 heterocycles. The predicted molar refractivity (Wildman–Crippen MR) is 70.3 cm³/mol. The quantitative estimate of drug-likeness (QED) is 0.632. The molecular formula is C14H15NO7. The molecule has 2 fully saturated rings. The van der Waals surface area contributed by atoms with Gasteiger partial charge in [0.25, 0.3) is 0 Å². The van der Waals surface area contributed by atoms with Gasteiger partial charge in [0.2, 0.25) is 0 Å². The van der Waals surface area contributed by atoms with Crippen LogP contribution in [0.5, 0.6) is 0 Å². The third kappa shape index (κ3) is 2.76. The van der Waals surface area contributed by atoms with Gasteiger partial charge in [0.05, 0.1) is 0 Å². The van der Waals surface area contributed by atoms with E-state index in [2.05, 4.69) is 5.32 Å². The number of carbonyl (C=O) groups is 2. The maximum Gasteiger partial charge on any atom is 0.408 e. The third-order valence-electron chi connectivity index (χ3n) is 3.57. The minimum atomic E-state index is -1.45. The Labute approximate surface area is 125 Å². The number of fused-ring (bicyclic) bond motifs is 1. The number of hydrogen-bond acceptors (Lipinski definition) is 7. The number of rotatable bonds is 3. The van der Waals surface area contributed by atoms with E-state index in [0.717, 1.165) is 5.56 Å². The molecule has 5 atom stereocenters. The van der Waals surface area contributed by atoms with E-state index in [-0.39, 0.29) is 6.61 Å². The molecular weight excluding hydrogens is 294 g/mol. The lowest BCUT2D eigenvalue weighted by molar-refractivity contribution is -0.158. The lowest BCUT2D eigenvalue weighted by atomic mass is 10.1. The first-order valence-corrected chi connectivity index (χ1v) is 6.75. The Morgan fingerprint density at radius 2 is 1.95 bits per heavy atom. The van der Waals surface area contributed by atoms with E-state index in [4.69, 9.17) is 14.2 Å². The molecule has 3 N–H and O–H groups in total. The van der Waals surface area contributed by atoms with Crippen molar-refractivity contribution in [2.45, 2.75) is 37.3 Å². The first-order chi connectivity index (χ1) is 10.6. The normalized spacial score (nSPS) is 33.2. The van der Waals surface area contributed by atoms with Crippen molar-refractivity contribution >= 4 is 12.1 Å². The third-order valence-corrected chi connectivity index (χ3v) is 3.57. The van der Waals surface area contributed by atoms with Crippen LogP contribution in [0.15, 0.2) is 30.3 Å². The lowest BCUT2D eigenvalue weighted by Crippen LogP contribution is -2.46. The average molecular weight is 309 g/mol. The molecule has 0 aliphatic carbocycles. The topological polar surface area (TPSA) is 114 Å². The van der Waals surface area contributed by atoms with Gasteiger partial charge < -0.3 is 29.7 Å². The minimum Gasteiger partial charge on any atom is -0.455 e. The van der Waals surface area contributed by atoms with Crippen molar-refractivity contribution in [1.82, 2.24) is 5.32 Å². The zero-order valence-corrected chi connectivity index (χ0v) is 11.4. The first kappa shape index (κ1) is 14.8. The van der Waals surface area contributed by atoms with Crippen molar-refractivity contribution in [2.75, 3.05) is 0 Å². The second-order valence-corrected chi connectivity index (χ2v) is 5.07. The van der Waals surface area contributed by atoms with Gasteiger partial charge in [-0.3, -0.25) is 0 Å². The molecule has 2 aliphatic heterocycles. The van der Waals surface area contributed by atoms with Gasteiger partial charge in [-0.2, -0.15) is 0 Å². The SMILES string of the molecule is O=C(N[C@@H]1C(=O)O[C@H]2[C@@H]1OC(O)[C@@H]2O)OCc1ccccc1. The molecule has 0 aromatic heterocycles. The molecule has 0 saturated carbocycles. The molecule has 1 amide bonds. The summed E-state index contributed by atoms with van der Waals surface area (Å²) in [5, 5.41) is 21.3. The summed E-state index contributed by atoms with van der Waals surface area (Å²) in [5.74, 6) is -0.738. The summed E-state index contributed by atoms with van der Waals surface area (Å²) in [6.45, 7) is 0.0502. The molecule has 2 aliphatic rings. The van der Waals surface area contributed by atoms with E-state index in [1.807, 2.05) is 18.2 Å². The highest BCUT2D eigenvalue weighted by molar-refractivity contribution is 5.84. The summed E-state index contributed by atoms with van der Waals surface area (Å²) in [6.07, 6.45) is -5.54. The number of esters is 1. The van der Waals surface area contributed by atoms with Crippen molar-refractivity contribution in [3.05, 3.63) is 35.9 Å². The van der Waals surface area contributed by atoms with Gasteiger partial charge in [-0.25, -0.2) is 9.59 Å². The second-order valence-electron chi connectivity index (χ2n) is 5.07. The highest BCUT2D eigenvalue weighted by Gasteiger charge is 2.57. The van der Waals surface area contributed by atoms with Crippen LogP contribution in [0.4, 0.5) is 4.79 Å². The molecule has 1 unspecified atom stereocenters. The van der Waals surface area contributed by atoms with Gasteiger partial charge in [0, 0.05) is 0 Å². The molecule has 22 heavy (non-hydrogen) atoms. The van der Waals surface area contributed by atoms with Crippen LogP contribution in [-0.4, -0.2) is 52.9 Å².